The Hall–Kier alpha value is -1.91. The van der Waals surface area contributed by atoms with Crippen LogP contribution < -0.4 is 20.7 Å². The predicted octanol–water partition coefficient (Wildman–Crippen LogP) is 0.992. The molecule has 98 valence electrons. The maximum atomic E-state index is 11.7. The molecule has 5 nitrogen and oxygen atoms in total. The molecule has 0 atom stereocenters. The lowest BCUT2D eigenvalue weighted by Gasteiger charge is -2.20. The summed E-state index contributed by atoms with van der Waals surface area (Å²) in [5, 5.41) is 2.95. The molecule has 3 N–H and O–H groups in total. The fourth-order valence-electron chi connectivity index (χ4n) is 1.81. The van der Waals surface area contributed by atoms with Gasteiger partial charge in [0.2, 0.25) is 5.91 Å². The molecule has 0 unspecified atom stereocenters. The third-order valence-electron chi connectivity index (χ3n) is 2.97. The minimum Gasteiger partial charge on any atom is -0.497 e. The van der Waals surface area contributed by atoms with Crippen molar-refractivity contribution < 1.29 is 9.53 Å². The van der Waals surface area contributed by atoms with Crippen molar-refractivity contribution in [1.82, 2.24) is 5.32 Å². The van der Waals surface area contributed by atoms with Gasteiger partial charge < -0.3 is 20.7 Å². The second-order valence-corrected chi connectivity index (χ2v) is 4.62. The zero-order valence-electron chi connectivity index (χ0n) is 10.8. The molecule has 1 aromatic rings. The number of carbonyl (C=O) groups is 1. The molecule has 2 rings (SSSR count). The van der Waals surface area contributed by atoms with E-state index in [1.807, 2.05) is 24.1 Å². The van der Waals surface area contributed by atoms with Crippen LogP contribution in [-0.2, 0) is 4.79 Å². The summed E-state index contributed by atoms with van der Waals surface area (Å²) in [6.45, 7) is 0.313. The number of likely N-dealkylation sites (N-methyl/N-ethyl adjacent to an activating group) is 1. The van der Waals surface area contributed by atoms with Crippen LogP contribution in [0.15, 0.2) is 18.2 Å². The van der Waals surface area contributed by atoms with Gasteiger partial charge in [0.05, 0.1) is 25.0 Å². The third-order valence-corrected chi connectivity index (χ3v) is 2.97. The number of hydrogen-bond donors (Lipinski definition) is 2. The highest BCUT2D eigenvalue weighted by molar-refractivity contribution is 5.83. The average Bonchev–Trinajstić information content (AvgIpc) is 3.12. The molecule has 0 radical (unpaired) electrons. The van der Waals surface area contributed by atoms with E-state index in [0.29, 0.717) is 24.0 Å². The van der Waals surface area contributed by atoms with Crippen molar-refractivity contribution in [3.05, 3.63) is 18.2 Å². The monoisotopic (exact) mass is 249 g/mol. The number of methoxy groups -OCH3 is 1. The van der Waals surface area contributed by atoms with Gasteiger partial charge in [-0.05, 0) is 25.0 Å². The zero-order chi connectivity index (χ0) is 13.1. The van der Waals surface area contributed by atoms with Gasteiger partial charge in [-0.2, -0.15) is 0 Å². The summed E-state index contributed by atoms with van der Waals surface area (Å²) in [5.41, 5.74) is 7.38. The van der Waals surface area contributed by atoms with E-state index in [4.69, 9.17) is 10.5 Å². The topological polar surface area (TPSA) is 67.6 Å². The van der Waals surface area contributed by atoms with E-state index in [1.54, 1.807) is 13.2 Å². The molecule has 1 aliphatic rings. The van der Waals surface area contributed by atoms with Crippen molar-refractivity contribution in [3.63, 3.8) is 0 Å². The normalized spacial score (nSPS) is 14.1. The first-order valence-corrected chi connectivity index (χ1v) is 6.04. The quantitative estimate of drug-likeness (QED) is 0.764. The van der Waals surface area contributed by atoms with Crippen LogP contribution in [-0.4, -0.2) is 32.7 Å². The molecule has 0 saturated heterocycles. The summed E-state index contributed by atoms with van der Waals surface area (Å²) in [6, 6.07) is 5.84. The van der Waals surface area contributed by atoms with Crippen LogP contribution in [0, 0.1) is 0 Å². The number of ether oxygens (including phenoxy) is 1. The first kappa shape index (κ1) is 12.5. The van der Waals surface area contributed by atoms with Crippen molar-refractivity contribution in [1.29, 1.82) is 0 Å². The number of hydrogen-bond acceptors (Lipinski definition) is 4. The number of benzene rings is 1. The first-order chi connectivity index (χ1) is 8.60. The van der Waals surface area contributed by atoms with Crippen LogP contribution >= 0.6 is 0 Å². The maximum absolute atomic E-state index is 11.7. The van der Waals surface area contributed by atoms with E-state index in [9.17, 15) is 4.79 Å². The number of rotatable bonds is 5. The Kier molecular flexibility index (Phi) is 3.60. The van der Waals surface area contributed by atoms with Gasteiger partial charge >= 0.3 is 0 Å². The van der Waals surface area contributed by atoms with Crippen LogP contribution in [0.4, 0.5) is 11.4 Å². The van der Waals surface area contributed by atoms with Gasteiger partial charge in [-0.1, -0.05) is 0 Å². The number of amides is 1. The molecule has 1 fully saturated rings. The molecule has 1 amide bonds. The van der Waals surface area contributed by atoms with Crippen molar-refractivity contribution in [2.24, 2.45) is 0 Å². The molecule has 1 saturated carbocycles. The van der Waals surface area contributed by atoms with Crippen LogP contribution in [0.25, 0.3) is 0 Å². The number of anilines is 2. The van der Waals surface area contributed by atoms with Crippen molar-refractivity contribution in [2.45, 2.75) is 18.9 Å². The molecule has 0 aliphatic heterocycles. The van der Waals surface area contributed by atoms with Gasteiger partial charge in [0.1, 0.15) is 5.75 Å². The van der Waals surface area contributed by atoms with E-state index in [2.05, 4.69) is 5.32 Å². The summed E-state index contributed by atoms with van der Waals surface area (Å²) >= 11 is 0. The summed E-state index contributed by atoms with van der Waals surface area (Å²) in [6.07, 6.45) is 2.19. The fourth-order valence-corrected chi connectivity index (χ4v) is 1.81. The number of nitrogens with one attached hydrogen (secondary N) is 1. The highest BCUT2D eigenvalue weighted by atomic mass is 16.5. The predicted molar refractivity (Wildman–Crippen MR) is 71.8 cm³/mol. The number of nitrogens with zero attached hydrogens (tertiary/aromatic N) is 1. The SMILES string of the molecule is COc1ccc(N(C)CC(=O)NC2CC2)c(N)c1. The third kappa shape index (κ3) is 3.06. The molecule has 0 spiro atoms. The number of nitrogens with two attached hydrogens (primary N) is 1. The number of carbonyl (C=O) groups excluding carboxylic acids is 1. The van der Waals surface area contributed by atoms with Crippen molar-refractivity contribution >= 4 is 17.3 Å². The molecule has 0 aromatic heterocycles. The number of nitrogen functional groups attached to an aromatic ring is 1. The van der Waals surface area contributed by atoms with Crippen molar-refractivity contribution in [3.8, 4) is 5.75 Å². The van der Waals surface area contributed by atoms with Gasteiger partial charge in [-0.25, -0.2) is 0 Å². The molecule has 0 heterocycles. The Bertz CT molecular complexity index is 444. The van der Waals surface area contributed by atoms with E-state index >= 15 is 0 Å². The molecule has 18 heavy (non-hydrogen) atoms. The van der Waals surface area contributed by atoms with E-state index < -0.39 is 0 Å². The highest BCUT2D eigenvalue weighted by Gasteiger charge is 2.23. The van der Waals surface area contributed by atoms with Gasteiger partial charge in [-0.15, -0.1) is 0 Å². The largest absolute Gasteiger partial charge is 0.497 e. The zero-order valence-corrected chi connectivity index (χ0v) is 10.8. The molecule has 1 aromatic carbocycles. The standard InChI is InChI=1S/C13H19N3O2/c1-16(8-13(17)15-9-3-4-9)12-6-5-10(18-2)7-11(12)14/h5-7,9H,3-4,8,14H2,1-2H3,(H,15,17). The Balaban J connectivity index is 1.98. The van der Waals surface area contributed by atoms with Gasteiger partial charge in [0.15, 0.2) is 0 Å². The second-order valence-electron chi connectivity index (χ2n) is 4.62. The molecule has 1 aliphatic carbocycles. The Labute approximate surface area is 107 Å². The van der Waals surface area contributed by atoms with Gasteiger partial charge in [0, 0.05) is 19.2 Å². The Morgan fingerprint density at radius 1 is 1.56 bits per heavy atom. The lowest BCUT2D eigenvalue weighted by Crippen LogP contribution is -2.36. The highest BCUT2D eigenvalue weighted by Crippen LogP contribution is 2.26. The summed E-state index contributed by atoms with van der Waals surface area (Å²) in [5.74, 6) is 0.752. The van der Waals surface area contributed by atoms with Gasteiger partial charge in [-0.3, -0.25) is 4.79 Å². The smallest absolute Gasteiger partial charge is 0.239 e. The molecule has 0 bridgehead atoms. The van der Waals surface area contributed by atoms with E-state index in [0.717, 1.165) is 18.5 Å². The minimum atomic E-state index is 0.0372. The van der Waals surface area contributed by atoms with E-state index in [1.165, 1.54) is 0 Å². The van der Waals surface area contributed by atoms with Crippen LogP contribution in [0.3, 0.4) is 0 Å². The van der Waals surface area contributed by atoms with Crippen molar-refractivity contribution in [2.75, 3.05) is 31.3 Å². The summed E-state index contributed by atoms with van der Waals surface area (Å²) in [4.78, 5) is 13.5. The summed E-state index contributed by atoms with van der Waals surface area (Å²) in [7, 11) is 3.45. The van der Waals surface area contributed by atoms with Gasteiger partial charge in [0.25, 0.3) is 0 Å². The first-order valence-electron chi connectivity index (χ1n) is 6.04. The Morgan fingerprint density at radius 2 is 2.28 bits per heavy atom. The van der Waals surface area contributed by atoms with E-state index in [-0.39, 0.29) is 5.91 Å². The molecular formula is C13H19N3O2. The second kappa shape index (κ2) is 5.16. The fraction of sp³-hybridized carbons (Fsp3) is 0.462. The lowest BCUT2D eigenvalue weighted by atomic mass is 10.2. The Morgan fingerprint density at radius 3 is 2.83 bits per heavy atom. The molecule has 5 heteroatoms. The molecular weight excluding hydrogens is 230 g/mol. The summed E-state index contributed by atoms with van der Waals surface area (Å²) < 4.78 is 5.09. The van der Waals surface area contributed by atoms with Crippen LogP contribution in [0.2, 0.25) is 0 Å². The maximum Gasteiger partial charge on any atom is 0.239 e. The minimum absolute atomic E-state index is 0.0372. The van der Waals surface area contributed by atoms with Crippen LogP contribution in [0.1, 0.15) is 12.8 Å². The van der Waals surface area contributed by atoms with Crippen LogP contribution in [0.5, 0.6) is 5.75 Å². The average molecular weight is 249 g/mol. The lowest BCUT2D eigenvalue weighted by molar-refractivity contribution is -0.119.